The van der Waals surface area contributed by atoms with Crippen molar-refractivity contribution in [3.05, 3.63) is 40.9 Å². The van der Waals surface area contributed by atoms with Crippen molar-refractivity contribution < 1.29 is 0 Å². The molecule has 1 heterocycles. The lowest BCUT2D eigenvalue weighted by atomic mass is 10.1. The van der Waals surface area contributed by atoms with E-state index in [9.17, 15) is 0 Å². The molecule has 0 radical (unpaired) electrons. The fraction of sp³-hybridized carbons (Fsp3) is 0.400. The van der Waals surface area contributed by atoms with Gasteiger partial charge in [-0.2, -0.15) is 0 Å². The fourth-order valence-electron chi connectivity index (χ4n) is 1.68. The van der Waals surface area contributed by atoms with E-state index in [2.05, 4.69) is 62.3 Å². The van der Waals surface area contributed by atoms with Crippen LogP contribution in [0.3, 0.4) is 0 Å². The average molecular weight is 260 g/mol. The minimum atomic E-state index is 0.146. The monoisotopic (exact) mass is 260 g/mol. The maximum absolute atomic E-state index is 4.53. The summed E-state index contributed by atoms with van der Waals surface area (Å²) in [6.07, 6.45) is 1.98. The summed E-state index contributed by atoms with van der Waals surface area (Å²) in [6.45, 7) is 9.54. The second-order valence-corrected chi connectivity index (χ2v) is 6.67. The van der Waals surface area contributed by atoms with E-state index < -0.39 is 0 Å². The number of thiazole rings is 1. The summed E-state index contributed by atoms with van der Waals surface area (Å²) in [7, 11) is 0. The molecule has 18 heavy (non-hydrogen) atoms. The summed E-state index contributed by atoms with van der Waals surface area (Å²) in [5, 5.41) is 4.60. The van der Waals surface area contributed by atoms with E-state index in [0.717, 1.165) is 11.6 Å². The third-order valence-corrected chi connectivity index (χ3v) is 3.75. The summed E-state index contributed by atoms with van der Waals surface area (Å²) in [5.41, 5.74) is 2.67. The van der Waals surface area contributed by atoms with Crippen molar-refractivity contribution >= 4 is 11.3 Å². The number of aromatic nitrogens is 1. The third-order valence-electron chi connectivity index (χ3n) is 2.72. The summed E-state index contributed by atoms with van der Waals surface area (Å²) >= 11 is 1.77. The van der Waals surface area contributed by atoms with Crippen molar-refractivity contribution in [2.75, 3.05) is 0 Å². The van der Waals surface area contributed by atoms with Gasteiger partial charge < -0.3 is 5.32 Å². The van der Waals surface area contributed by atoms with Crippen molar-refractivity contribution in [1.82, 2.24) is 10.3 Å². The van der Waals surface area contributed by atoms with Crippen LogP contribution in [0.5, 0.6) is 0 Å². The smallest absolute Gasteiger partial charge is 0.123 e. The lowest BCUT2D eigenvalue weighted by Gasteiger charge is -2.19. The van der Waals surface area contributed by atoms with Crippen LogP contribution in [0.15, 0.2) is 30.5 Å². The number of hydrogen-bond acceptors (Lipinski definition) is 3. The van der Waals surface area contributed by atoms with Crippen LogP contribution in [0, 0.1) is 6.92 Å². The first kappa shape index (κ1) is 13.2. The molecule has 1 aromatic heterocycles. The van der Waals surface area contributed by atoms with Crippen LogP contribution >= 0.6 is 11.3 Å². The van der Waals surface area contributed by atoms with Gasteiger partial charge in [0.15, 0.2) is 0 Å². The molecular formula is C15H20N2S. The Morgan fingerprint density at radius 2 is 1.94 bits per heavy atom. The molecule has 1 N–H and O–H groups in total. The Morgan fingerprint density at radius 3 is 2.61 bits per heavy atom. The van der Waals surface area contributed by atoms with Crippen LogP contribution in [0.1, 0.15) is 31.2 Å². The first-order valence-corrected chi connectivity index (χ1v) is 7.03. The highest BCUT2D eigenvalue weighted by Crippen LogP contribution is 2.27. The normalized spacial score (nSPS) is 11.8. The minimum absolute atomic E-state index is 0.146. The van der Waals surface area contributed by atoms with Crippen LogP contribution in [0.4, 0.5) is 0 Å². The molecule has 0 fully saturated rings. The molecule has 2 aromatic rings. The number of aryl methyl sites for hydroxylation is 1. The number of nitrogens with one attached hydrogen (secondary N) is 1. The van der Waals surface area contributed by atoms with Gasteiger partial charge in [0.05, 0.1) is 0 Å². The standard InChI is InChI=1S/C15H20N2S/c1-11-7-5-6-8-13(11)14-16-9-12(18-14)10-17-15(2,3)4/h5-9,17H,10H2,1-4H3. The maximum atomic E-state index is 4.53. The third kappa shape index (κ3) is 3.40. The highest BCUT2D eigenvalue weighted by atomic mass is 32.1. The molecule has 0 amide bonds. The molecule has 0 aliphatic heterocycles. The molecule has 0 saturated heterocycles. The SMILES string of the molecule is Cc1ccccc1-c1ncc(CNC(C)(C)C)s1. The number of nitrogens with zero attached hydrogens (tertiary/aromatic N) is 1. The molecule has 0 atom stereocenters. The lowest BCUT2D eigenvalue weighted by Crippen LogP contribution is -2.34. The molecule has 0 aliphatic rings. The van der Waals surface area contributed by atoms with E-state index in [4.69, 9.17) is 0 Å². The molecular weight excluding hydrogens is 240 g/mol. The zero-order chi connectivity index (χ0) is 13.2. The Bertz CT molecular complexity index is 523. The molecule has 2 nitrogen and oxygen atoms in total. The van der Waals surface area contributed by atoms with Gasteiger partial charge >= 0.3 is 0 Å². The van der Waals surface area contributed by atoms with E-state index in [1.807, 2.05) is 6.20 Å². The number of benzene rings is 1. The first-order valence-electron chi connectivity index (χ1n) is 6.21. The molecule has 0 unspecified atom stereocenters. The molecule has 2 rings (SSSR count). The van der Waals surface area contributed by atoms with Crippen LogP contribution in [0.25, 0.3) is 10.6 Å². The van der Waals surface area contributed by atoms with Gasteiger partial charge in [-0.1, -0.05) is 24.3 Å². The van der Waals surface area contributed by atoms with Crippen LogP contribution in [-0.4, -0.2) is 10.5 Å². The Kier molecular flexibility index (Phi) is 3.83. The van der Waals surface area contributed by atoms with Crippen LogP contribution < -0.4 is 5.32 Å². The molecule has 0 spiro atoms. The fourth-order valence-corrected chi connectivity index (χ4v) is 2.62. The van der Waals surface area contributed by atoms with Gasteiger partial charge in [0.2, 0.25) is 0 Å². The second-order valence-electron chi connectivity index (χ2n) is 5.55. The van der Waals surface area contributed by atoms with Gasteiger partial charge in [-0.05, 0) is 33.3 Å². The number of rotatable bonds is 3. The minimum Gasteiger partial charge on any atom is -0.307 e. The quantitative estimate of drug-likeness (QED) is 0.902. The zero-order valence-corrected chi connectivity index (χ0v) is 12.3. The Hall–Kier alpha value is -1.19. The van der Waals surface area contributed by atoms with Gasteiger partial charge in [0.25, 0.3) is 0 Å². The molecule has 0 bridgehead atoms. The molecule has 96 valence electrons. The zero-order valence-electron chi connectivity index (χ0n) is 11.4. The molecule has 3 heteroatoms. The summed E-state index contributed by atoms with van der Waals surface area (Å²) in [5.74, 6) is 0. The second kappa shape index (κ2) is 5.21. The van der Waals surface area contributed by atoms with Gasteiger partial charge in [-0.25, -0.2) is 4.98 Å². The van der Waals surface area contributed by atoms with E-state index in [1.165, 1.54) is 16.0 Å². The van der Waals surface area contributed by atoms with E-state index >= 15 is 0 Å². The van der Waals surface area contributed by atoms with Crippen molar-refractivity contribution in [2.24, 2.45) is 0 Å². The van der Waals surface area contributed by atoms with E-state index in [0.29, 0.717) is 0 Å². The van der Waals surface area contributed by atoms with Crippen molar-refractivity contribution in [3.63, 3.8) is 0 Å². The van der Waals surface area contributed by atoms with E-state index in [-0.39, 0.29) is 5.54 Å². The Morgan fingerprint density at radius 1 is 1.22 bits per heavy atom. The van der Waals surface area contributed by atoms with Crippen molar-refractivity contribution in [1.29, 1.82) is 0 Å². The lowest BCUT2D eigenvalue weighted by molar-refractivity contribution is 0.426. The average Bonchev–Trinajstić information content (AvgIpc) is 2.75. The molecule has 1 aromatic carbocycles. The van der Waals surface area contributed by atoms with Gasteiger partial charge in [-0.15, -0.1) is 11.3 Å². The predicted molar refractivity (Wildman–Crippen MR) is 78.9 cm³/mol. The van der Waals surface area contributed by atoms with Gasteiger partial charge in [0.1, 0.15) is 5.01 Å². The van der Waals surface area contributed by atoms with Crippen LogP contribution in [0.2, 0.25) is 0 Å². The van der Waals surface area contributed by atoms with E-state index in [1.54, 1.807) is 11.3 Å². The summed E-state index contributed by atoms with van der Waals surface area (Å²) in [6, 6.07) is 8.39. The summed E-state index contributed by atoms with van der Waals surface area (Å²) < 4.78 is 0. The van der Waals surface area contributed by atoms with Gasteiger partial charge in [-0.3, -0.25) is 0 Å². The highest BCUT2D eigenvalue weighted by molar-refractivity contribution is 7.15. The van der Waals surface area contributed by atoms with Crippen LogP contribution in [-0.2, 0) is 6.54 Å². The van der Waals surface area contributed by atoms with Gasteiger partial charge in [0, 0.05) is 28.7 Å². The Balaban J connectivity index is 2.14. The number of hydrogen-bond donors (Lipinski definition) is 1. The van der Waals surface area contributed by atoms with Crippen molar-refractivity contribution in [2.45, 2.75) is 39.8 Å². The largest absolute Gasteiger partial charge is 0.307 e. The predicted octanol–water partition coefficient (Wildman–Crippen LogP) is 4.01. The first-order chi connectivity index (χ1) is 8.46. The Labute approximate surface area is 113 Å². The van der Waals surface area contributed by atoms with Crippen molar-refractivity contribution in [3.8, 4) is 10.6 Å². The molecule has 0 saturated carbocycles. The summed E-state index contributed by atoms with van der Waals surface area (Å²) in [4.78, 5) is 5.81. The highest BCUT2D eigenvalue weighted by Gasteiger charge is 2.11. The molecule has 0 aliphatic carbocycles. The maximum Gasteiger partial charge on any atom is 0.123 e. The topological polar surface area (TPSA) is 24.9 Å².